The Balaban J connectivity index is 3.07. The van der Waals surface area contributed by atoms with E-state index >= 15 is 0 Å². The van der Waals surface area contributed by atoms with Crippen LogP contribution in [-0.4, -0.2) is 53.9 Å². The minimum Gasteiger partial charge on any atom is -0.478 e. The van der Waals surface area contributed by atoms with E-state index in [1.807, 2.05) is 20.8 Å². The number of carbonyl (C=O) groups is 3. The van der Waals surface area contributed by atoms with Crippen molar-refractivity contribution in [1.29, 1.82) is 0 Å². The van der Waals surface area contributed by atoms with Crippen LogP contribution in [0.5, 0.6) is 0 Å². The molecule has 0 saturated carbocycles. The molecule has 0 radical (unpaired) electrons. The van der Waals surface area contributed by atoms with Crippen LogP contribution in [0.25, 0.3) is 0 Å². The van der Waals surface area contributed by atoms with Crippen molar-refractivity contribution < 1.29 is 24.2 Å². The quantitative estimate of drug-likeness (QED) is 0.380. The summed E-state index contributed by atoms with van der Waals surface area (Å²) < 4.78 is 6.03. The van der Waals surface area contributed by atoms with Crippen molar-refractivity contribution in [1.82, 2.24) is 21.5 Å². The molecule has 1 aliphatic rings. The fourth-order valence-corrected chi connectivity index (χ4v) is 2.88. The van der Waals surface area contributed by atoms with Gasteiger partial charge in [-0.05, 0) is 18.9 Å². The molecule has 5 N–H and O–H groups in total. The lowest BCUT2D eigenvalue weighted by Gasteiger charge is -2.38. The topological polar surface area (TPSA) is 129 Å². The van der Waals surface area contributed by atoms with Crippen molar-refractivity contribution in [3.8, 4) is 0 Å². The Bertz CT molecular complexity index is 533. The molecule has 0 heterocycles. The minimum absolute atomic E-state index is 0.0723. The number of carbonyl (C=O) groups excluding carboxylic acids is 2. The zero-order valence-electron chi connectivity index (χ0n) is 15.8. The average molecular weight is 370 g/mol. The van der Waals surface area contributed by atoms with Gasteiger partial charge in [0.05, 0.1) is 24.3 Å². The molecule has 0 spiro atoms. The molecule has 0 aromatic rings. The monoisotopic (exact) mass is 370 g/mol. The molecule has 0 saturated heterocycles. The van der Waals surface area contributed by atoms with Crippen LogP contribution in [0.3, 0.4) is 0 Å². The molecule has 1 aliphatic carbocycles. The van der Waals surface area contributed by atoms with Crippen LogP contribution in [0.2, 0.25) is 0 Å². The molecule has 0 aliphatic heterocycles. The van der Waals surface area contributed by atoms with Crippen LogP contribution in [0, 0.1) is 0 Å². The number of carboxylic acids is 1. The lowest BCUT2D eigenvalue weighted by atomic mass is 9.87. The van der Waals surface area contributed by atoms with Gasteiger partial charge in [0.1, 0.15) is 0 Å². The summed E-state index contributed by atoms with van der Waals surface area (Å²) in [5.41, 5.74) is 5.28. The first kappa shape index (κ1) is 21.9. The lowest BCUT2D eigenvalue weighted by Crippen LogP contribution is -2.61. The molecule has 9 heteroatoms. The second-order valence-electron chi connectivity index (χ2n) is 6.20. The molecule has 1 rings (SSSR count). The Hall–Kier alpha value is -2.13. The molecule has 3 amide bonds. The predicted octanol–water partition coefficient (Wildman–Crippen LogP) is 0.672. The average Bonchev–Trinajstić information content (AvgIpc) is 2.59. The second-order valence-corrected chi connectivity index (χ2v) is 6.20. The Morgan fingerprint density at radius 1 is 1.23 bits per heavy atom. The van der Waals surface area contributed by atoms with Crippen LogP contribution in [0.1, 0.15) is 47.0 Å². The normalized spacial score (nSPS) is 22.5. The third-order valence-electron chi connectivity index (χ3n) is 4.19. The Kier molecular flexibility index (Phi) is 9.08. The highest BCUT2D eigenvalue weighted by molar-refractivity contribution is 5.87. The maximum Gasteiger partial charge on any atom is 0.331 e. The van der Waals surface area contributed by atoms with Gasteiger partial charge in [-0.3, -0.25) is 10.2 Å². The fourth-order valence-electron chi connectivity index (χ4n) is 2.88. The smallest absolute Gasteiger partial charge is 0.331 e. The van der Waals surface area contributed by atoms with E-state index in [4.69, 9.17) is 4.74 Å². The molecule has 9 nitrogen and oxygen atoms in total. The van der Waals surface area contributed by atoms with Crippen molar-refractivity contribution >= 4 is 17.9 Å². The zero-order valence-corrected chi connectivity index (χ0v) is 15.8. The number of rotatable bonds is 9. The molecule has 3 atom stereocenters. The van der Waals surface area contributed by atoms with E-state index in [1.165, 1.54) is 13.0 Å². The lowest BCUT2D eigenvalue weighted by molar-refractivity contribution is -0.133. The van der Waals surface area contributed by atoms with Crippen molar-refractivity contribution in [3.63, 3.8) is 0 Å². The molecule has 26 heavy (non-hydrogen) atoms. The molecular formula is C17H30N4O5. The van der Waals surface area contributed by atoms with Crippen molar-refractivity contribution in [2.45, 2.75) is 71.2 Å². The van der Waals surface area contributed by atoms with E-state index in [-0.39, 0.29) is 24.0 Å². The number of amides is 3. The van der Waals surface area contributed by atoms with Gasteiger partial charge in [0, 0.05) is 25.5 Å². The van der Waals surface area contributed by atoms with Gasteiger partial charge in [0.25, 0.3) is 0 Å². The summed E-state index contributed by atoms with van der Waals surface area (Å²) in [5, 5.41) is 14.9. The number of urea groups is 1. The number of hydrogen-bond donors (Lipinski definition) is 5. The summed E-state index contributed by atoms with van der Waals surface area (Å²) >= 11 is 0. The second kappa shape index (κ2) is 10.8. The molecule has 0 bridgehead atoms. The van der Waals surface area contributed by atoms with Gasteiger partial charge in [-0.2, -0.15) is 0 Å². The first-order chi connectivity index (χ1) is 12.3. The first-order valence-corrected chi connectivity index (χ1v) is 8.98. The van der Waals surface area contributed by atoms with Crippen LogP contribution in [-0.2, 0) is 14.3 Å². The number of aliphatic carboxylic acids is 1. The van der Waals surface area contributed by atoms with Gasteiger partial charge < -0.3 is 20.5 Å². The highest BCUT2D eigenvalue weighted by Gasteiger charge is 2.38. The van der Waals surface area contributed by atoms with E-state index in [2.05, 4.69) is 21.5 Å². The highest BCUT2D eigenvalue weighted by atomic mass is 16.5. The van der Waals surface area contributed by atoms with E-state index < -0.39 is 30.2 Å². The summed E-state index contributed by atoms with van der Waals surface area (Å²) in [7, 11) is 0. The molecule has 148 valence electrons. The van der Waals surface area contributed by atoms with Crippen molar-refractivity contribution in [2.75, 3.05) is 6.54 Å². The molecular weight excluding hydrogens is 340 g/mol. The van der Waals surface area contributed by atoms with Gasteiger partial charge in [-0.1, -0.05) is 20.8 Å². The Morgan fingerprint density at radius 3 is 2.38 bits per heavy atom. The van der Waals surface area contributed by atoms with Gasteiger partial charge in [0.15, 0.2) is 0 Å². The van der Waals surface area contributed by atoms with E-state index in [1.54, 1.807) is 0 Å². The SMILES string of the molecule is CCNNC(=O)N[C@H]1CC(C(=O)O)=C[C@@H](OC(CC)CC)[C@@H]1NC(C)=O. The van der Waals surface area contributed by atoms with E-state index in [0.29, 0.717) is 6.54 Å². The number of ether oxygens (including phenoxy) is 1. The molecule has 0 aromatic carbocycles. The molecule has 0 fully saturated rings. The number of carboxylic acid groups (broad SMARTS) is 1. The molecule has 0 unspecified atom stereocenters. The van der Waals surface area contributed by atoms with Crippen LogP contribution >= 0.6 is 0 Å². The van der Waals surface area contributed by atoms with Crippen molar-refractivity contribution in [2.24, 2.45) is 0 Å². The van der Waals surface area contributed by atoms with Crippen LogP contribution in [0.15, 0.2) is 11.6 Å². The standard InChI is InChI=1S/C17H30N4O5/c1-5-12(6-2)26-14-9-11(16(23)24)8-13(15(14)19-10(4)22)20-17(25)21-18-7-3/h9,12-15,18H,5-8H2,1-4H3,(H,19,22)(H,23,24)(H2,20,21,25)/t13-,14+,15+/m0/s1. The summed E-state index contributed by atoms with van der Waals surface area (Å²) in [6, 6.07) is -1.68. The summed E-state index contributed by atoms with van der Waals surface area (Å²) in [6.07, 6.45) is 2.42. The van der Waals surface area contributed by atoms with Gasteiger partial charge in [-0.25, -0.2) is 15.0 Å². The third kappa shape index (κ3) is 6.64. The zero-order chi connectivity index (χ0) is 19.7. The van der Waals surface area contributed by atoms with Gasteiger partial charge >= 0.3 is 12.0 Å². The maximum absolute atomic E-state index is 12.0. The van der Waals surface area contributed by atoms with Crippen LogP contribution in [0.4, 0.5) is 4.79 Å². The van der Waals surface area contributed by atoms with Gasteiger partial charge in [0.2, 0.25) is 5.91 Å². The fraction of sp³-hybridized carbons (Fsp3) is 0.706. The van der Waals surface area contributed by atoms with E-state index in [0.717, 1.165) is 12.8 Å². The van der Waals surface area contributed by atoms with E-state index in [9.17, 15) is 19.5 Å². The number of nitrogens with one attached hydrogen (secondary N) is 4. The minimum atomic E-state index is -1.07. The number of hydrogen-bond acceptors (Lipinski definition) is 5. The summed E-state index contributed by atoms with van der Waals surface area (Å²) in [6.45, 7) is 7.69. The number of hydrazine groups is 1. The summed E-state index contributed by atoms with van der Waals surface area (Å²) in [4.78, 5) is 35.2. The highest BCUT2D eigenvalue weighted by Crippen LogP contribution is 2.24. The molecule has 0 aromatic heterocycles. The third-order valence-corrected chi connectivity index (χ3v) is 4.19. The largest absolute Gasteiger partial charge is 0.478 e. The maximum atomic E-state index is 12.0. The van der Waals surface area contributed by atoms with Crippen molar-refractivity contribution in [3.05, 3.63) is 11.6 Å². The summed E-state index contributed by atoms with van der Waals surface area (Å²) in [5.74, 6) is -1.34. The Morgan fingerprint density at radius 2 is 1.88 bits per heavy atom. The predicted molar refractivity (Wildman–Crippen MR) is 96.3 cm³/mol. The first-order valence-electron chi connectivity index (χ1n) is 8.98. The van der Waals surface area contributed by atoms with Crippen LogP contribution < -0.4 is 21.5 Å². The van der Waals surface area contributed by atoms with Gasteiger partial charge in [-0.15, -0.1) is 0 Å². The Labute approximate surface area is 153 Å².